The lowest BCUT2D eigenvalue weighted by Gasteiger charge is -2.25. The summed E-state index contributed by atoms with van der Waals surface area (Å²) < 4.78 is 19.4. The van der Waals surface area contributed by atoms with Gasteiger partial charge in [0, 0.05) is 18.5 Å². The number of halogens is 1. The second kappa shape index (κ2) is 8.20. The number of amides is 1. The summed E-state index contributed by atoms with van der Waals surface area (Å²) in [4.78, 5) is 27.6. The van der Waals surface area contributed by atoms with Gasteiger partial charge in [-0.05, 0) is 53.9 Å². The third-order valence-corrected chi connectivity index (χ3v) is 6.09. The number of hydrogen-bond donors (Lipinski definition) is 1. The molecule has 1 N–H and O–H groups in total. The Hall–Kier alpha value is -3.93. The van der Waals surface area contributed by atoms with Crippen molar-refractivity contribution in [3.63, 3.8) is 0 Å². The Balaban J connectivity index is 1.62. The van der Waals surface area contributed by atoms with Crippen LogP contribution in [0.5, 0.6) is 5.75 Å². The number of benzene rings is 3. The van der Waals surface area contributed by atoms with Crippen molar-refractivity contribution in [3.05, 3.63) is 106 Å². The molecule has 0 saturated carbocycles. The van der Waals surface area contributed by atoms with Crippen LogP contribution in [0.4, 0.5) is 4.39 Å². The van der Waals surface area contributed by atoms with Crippen molar-refractivity contribution >= 4 is 17.4 Å². The van der Waals surface area contributed by atoms with Gasteiger partial charge in [-0.25, -0.2) is 4.39 Å². The molecule has 6 heteroatoms. The quantitative estimate of drug-likeness (QED) is 0.358. The highest BCUT2D eigenvalue weighted by Crippen LogP contribution is 2.41. The molecule has 1 fully saturated rings. The molecule has 3 aromatic rings. The summed E-state index contributed by atoms with van der Waals surface area (Å²) in [6.45, 7) is 2.14. The maximum Gasteiger partial charge on any atom is 0.295 e. The first-order valence-corrected chi connectivity index (χ1v) is 10.8. The fourth-order valence-corrected chi connectivity index (χ4v) is 4.54. The maximum absolute atomic E-state index is 13.6. The van der Waals surface area contributed by atoms with Crippen LogP contribution < -0.4 is 4.74 Å². The highest BCUT2D eigenvalue weighted by Gasteiger charge is 2.46. The van der Waals surface area contributed by atoms with Gasteiger partial charge < -0.3 is 14.7 Å². The van der Waals surface area contributed by atoms with Gasteiger partial charge >= 0.3 is 0 Å². The summed E-state index contributed by atoms with van der Waals surface area (Å²) in [7, 11) is 0. The van der Waals surface area contributed by atoms with E-state index in [9.17, 15) is 19.1 Å². The van der Waals surface area contributed by atoms with Gasteiger partial charge in [0.25, 0.3) is 11.7 Å². The monoisotopic (exact) mass is 443 g/mol. The van der Waals surface area contributed by atoms with E-state index in [1.807, 2.05) is 37.3 Å². The Morgan fingerprint density at radius 1 is 1.06 bits per heavy atom. The summed E-state index contributed by atoms with van der Waals surface area (Å²) in [5.41, 5.74) is 2.76. The lowest BCUT2D eigenvalue weighted by Crippen LogP contribution is -2.29. The molecule has 0 aromatic heterocycles. The Bertz CT molecular complexity index is 1270. The molecule has 2 atom stereocenters. The van der Waals surface area contributed by atoms with Gasteiger partial charge in [0.1, 0.15) is 23.4 Å². The first-order valence-electron chi connectivity index (χ1n) is 10.8. The van der Waals surface area contributed by atoms with Crippen molar-refractivity contribution in [2.45, 2.75) is 32.0 Å². The molecular formula is C27H22FNO4. The molecule has 2 aliphatic heterocycles. The zero-order valence-corrected chi connectivity index (χ0v) is 18.0. The number of ketones is 1. The smallest absolute Gasteiger partial charge is 0.295 e. The molecule has 0 aliphatic carbocycles. The molecule has 0 spiro atoms. The number of fused-ring (bicyclic) bond motifs is 1. The molecule has 0 bridgehead atoms. The number of rotatable bonds is 4. The van der Waals surface area contributed by atoms with Crippen LogP contribution in [0.15, 0.2) is 78.4 Å². The van der Waals surface area contributed by atoms with Gasteiger partial charge in [-0.3, -0.25) is 9.59 Å². The minimum Gasteiger partial charge on any atom is -0.507 e. The number of aliphatic hydroxyl groups is 1. The van der Waals surface area contributed by atoms with Crippen LogP contribution in [0.25, 0.3) is 5.76 Å². The van der Waals surface area contributed by atoms with E-state index < -0.39 is 23.5 Å². The lowest BCUT2D eigenvalue weighted by molar-refractivity contribution is -0.140. The summed E-state index contributed by atoms with van der Waals surface area (Å²) in [5.74, 6) is -1.39. The van der Waals surface area contributed by atoms with Crippen LogP contribution in [0, 0.1) is 5.82 Å². The maximum atomic E-state index is 13.6. The zero-order valence-electron chi connectivity index (χ0n) is 18.0. The predicted molar refractivity (Wildman–Crippen MR) is 121 cm³/mol. The van der Waals surface area contributed by atoms with Gasteiger partial charge in [0.05, 0.1) is 11.6 Å². The molecule has 5 nitrogen and oxygen atoms in total. The molecule has 1 saturated heterocycles. The molecule has 0 unspecified atom stereocenters. The second-order valence-electron chi connectivity index (χ2n) is 8.42. The number of ether oxygens (including phenoxy) is 1. The van der Waals surface area contributed by atoms with Gasteiger partial charge in [-0.15, -0.1) is 0 Å². The van der Waals surface area contributed by atoms with E-state index in [-0.39, 0.29) is 24.0 Å². The van der Waals surface area contributed by atoms with Crippen molar-refractivity contribution in [1.29, 1.82) is 0 Å². The summed E-state index contributed by atoms with van der Waals surface area (Å²) >= 11 is 0. The number of carbonyl (C=O) groups is 2. The van der Waals surface area contributed by atoms with Gasteiger partial charge in [-0.1, -0.05) is 42.5 Å². The highest BCUT2D eigenvalue weighted by molar-refractivity contribution is 6.46. The van der Waals surface area contributed by atoms with E-state index in [0.29, 0.717) is 17.5 Å². The summed E-state index contributed by atoms with van der Waals surface area (Å²) in [6, 6.07) is 19.3. The number of carbonyl (C=O) groups excluding carboxylic acids is 2. The molecule has 3 aromatic carbocycles. The first-order chi connectivity index (χ1) is 15.9. The average Bonchev–Trinajstić information content (AvgIpc) is 3.31. The van der Waals surface area contributed by atoms with E-state index in [4.69, 9.17) is 4.74 Å². The van der Waals surface area contributed by atoms with Crippen molar-refractivity contribution in [2.75, 3.05) is 0 Å². The van der Waals surface area contributed by atoms with E-state index >= 15 is 0 Å². The molecule has 0 radical (unpaired) electrons. The first kappa shape index (κ1) is 20.9. The fraction of sp³-hybridized carbons (Fsp3) is 0.185. The van der Waals surface area contributed by atoms with E-state index in [0.717, 1.165) is 16.9 Å². The lowest BCUT2D eigenvalue weighted by atomic mass is 9.94. The third kappa shape index (κ3) is 3.78. The fourth-order valence-electron chi connectivity index (χ4n) is 4.54. The van der Waals surface area contributed by atoms with Gasteiger partial charge in [0.15, 0.2) is 0 Å². The summed E-state index contributed by atoms with van der Waals surface area (Å²) in [5, 5.41) is 11.2. The molecule has 33 heavy (non-hydrogen) atoms. The minimum absolute atomic E-state index is 0.00514. The van der Waals surface area contributed by atoms with Crippen LogP contribution in [0.3, 0.4) is 0 Å². The Morgan fingerprint density at radius 3 is 2.52 bits per heavy atom. The normalized spacial score (nSPS) is 21.2. The van der Waals surface area contributed by atoms with Crippen LogP contribution in [-0.2, 0) is 22.6 Å². The molecule has 2 heterocycles. The summed E-state index contributed by atoms with van der Waals surface area (Å²) in [6.07, 6.45) is 0.730. The largest absolute Gasteiger partial charge is 0.507 e. The van der Waals surface area contributed by atoms with Crippen LogP contribution in [-0.4, -0.2) is 27.8 Å². The zero-order chi connectivity index (χ0) is 23.1. The molecule has 166 valence electrons. The van der Waals surface area contributed by atoms with Crippen LogP contribution in [0.1, 0.15) is 35.2 Å². The standard InChI is InChI=1S/C27H22FNO4/c1-16-13-20-14-19(9-12-22(20)33-16)25(30)23-24(18-7-10-21(28)11-8-18)29(27(32)26(23)31)15-17-5-3-2-4-6-17/h2-12,14,16,24,30H,13,15H2,1H3/b25-23+/t16-,24+/m1/s1. The molecule has 5 rings (SSSR count). The van der Waals surface area contributed by atoms with Crippen molar-refractivity contribution in [2.24, 2.45) is 0 Å². The topological polar surface area (TPSA) is 66.8 Å². The minimum atomic E-state index is -0.839. The SMILES string of the molecule is C[C@@H]1Cc2cc(/C(O)=C3\C(=O)C(=O)N(Cc4ccccc4)[C@H]3c3ccc(F)cc3)ccc2O1. The Labute approximate surface area is 190 Å². The van der Waals surface area contributed by atoms with Crippen LogP contribution >= 0.6 is 0 Å². The van der Waals surface area contributed by atoms with Crippen molar-refractivity contribution in [1.82, 2.24) is 4.90 Å². The van der Waals surface area contributed by atoms with Gasteiger partial charge in [-0.2, -0.15) is 0 Å². The number of likely N-dealkylation sites (tertiary alicyclic amines) is 1. The second-order valence-corrected chi connectivity index (χ2v) is 8.42. The predicted octanol–water partition coefficient (Wildman–Crippen LogP) is 4.77. The Morgan fingerprint density at radius 2 is 1.79 bits per heavy atom. The third-order valence-electron chi connectivity index (χ3n) is 6.09. The van der Waals surface area contributed by atoms with E-state index in [1.54, 1.807) is 18.2 Å². The van der Waals surface area contributed by atoms with E-state index in [1.165, 1.54) is 29.2 Å². The number of hydrogen-bond acceptors (Lipinski definition) is 4. The van der Waals surface area contributed by atoms with Gasteiger partial charge in [0.2, 0.25) is 0 Å². The van der Waals surface area contributed by atoms with Crippen LogP contribution in [0.2, 0.25) is 0 Å². The van der Waals surface area contributed by atoms with Crippen molar-refractivity contribution in [3.8, 4) is 5.75 Å². The average molecular weight is 443 g/mol. The highest BCUT2D eigenvalue weighted by atomic mass is 19.1. The Kier molecular flexibility index (Phi) is 5.21. The number of aliphatic hydroxyl groups excluding tert-OH is 1. The molecule has 1 amide bonds. The number of nitrogens with zero attached hydrogens (tertiary/aromatic N) is 1. The number of Topliss-reactive ketones (excluding diaryl/α,β-unsaturated/α-hetero) is 1. The molecule has 2 aliphatic rings. The van der Waals surface area contributed by atoms with Crippen molar-refractivity contribution < 1.29 is 23.8 Å². The van der Waals surface area contributed by atoms with E-state index in [2.05, 4.69) is 0 Å². The molecular weight excluding hydrogens is 421 g/mol.